The van der Waals surface area contributed by atoms with Crippen molar-refractivity contribution in [2.24, 2.45) is 0 Å². The van der Waals surface area contributed by atoms with Gasteiger partial charge < -0.3 is 15.2 Å². The number of nitrogens with one attached hydrogen (secondary N) is 1. The SMILES string of the molecule is CCOC(=O)CC(O)CNC1CC1c1ccccc1. The first-order valence-corrected chi connectivity index (χ1v) is 6.82. The summed E-state index contributed by atoms with van der Waals surface area (Å²) in [6.07, 6.45) is 0.482. The summed E-state index contributed by atoms with van der Waals surface area (Å²) in [5.41, 5.74) is 1.33. The zero-order valence-electron chi connectivity index (χ0n) is 11.2. The second kappa shape index (κ2) is 6.68. The molecule has 0 aromatic heterocycles. The highest BCUT2D eigenvalue weighted by molar-refractivity contribution is 5.69. The van der Waals surface area contributed by atoms with E-state index in [1.807, 2.05) is 18.2 Å². The van der Waals surface area contributed by atoms with Crippen molar-refractivity contribution < 1.29 is 14.6 Å². The van der Waals surface area contributed by atoms with Gasteiger partial charge in [-0.3, -0.25) is 4.79 Å². The fourth-order valence-electron chi connectivity index (χ4n) is 2.26. The van der Waals surface area contributed by atoms with Crippen LogP contribution in [-0.4, -0.2) is 36.4 Å². The molecule has 1 saturated carbocycles. The van der Waals surface area contributed by atoms with E-state index in [1.54, 1.807) is 6.92 Å². The molecule has 1 aliphatic rings. The summed E-state index contributed by atoms with van der Waals surface area (Å²) < 4.78 is 4.80. The molecule has 2 N–H and O–H groups in total. The van der Waals surface area contributed by atoms with Crippen LogP contribution in [0.25, 0.3) is 0 Å². The van der Waals surface area contributed by atoms with Crippen LogP contribution in [0, 0.1) is 0 Å². The van der Waals surface area contributed by atoms with Crippen molar-refractivity contribution in [3.63, 3.8) is 0 Å². The van der Waals surface area contributed by atoms with Crippen molar-refractivity contribution in [3.8, 4) is 0 Å². The van der Waals surface area contributed by atoms with Crippen LogP contribution in [0.15, 0.2) is 30.3 Å². The largest absolute Gasteiger partial charge is 0.466 e. The summed E-state index contributed by atoms with van der Waals surface area (Å²) in [6, 6.07) is 10.8. The molecule has 19 heavy (non-hydrogen) atoms. The molecule has 0 spiro atoms. The fraction of sp³-hybridized carbons (Fsp3) is 0.533. The second-order valence-electron chi connectivity index (χ2n) is 4.93. The predicted octanol–water partition coefficient (Wildman–Crippen LogP) is 1.45. The average molecular weight is 263 g/mol. The van der Waals surface area contributed by atoms with E-state index in [-0.39, 0.29) is 12.4 Å². The molecule has 4 heteroatoms. The smallest absolute Gasteiger partial charge is 0.308 e. The standard InChI is InChI=1S/C15H21NO3/c1-2-19-15(18)8-12(17)10-16-14-9-13(14)11-6-4-3-5-7-11/h3-7,12-14,16-17H,2,8-10H2,1H3. The highest BCUT2D eigenvalue weighted by atomic mass is 16.5. The first kappa shape index (κ1) is 14.0. The van der Waals surface area contributed by atoms with Gasteiger partial charge >= 0.3 is 5.97 Å². The lowest BCUT2D eigenvalue weighted by Crippen LogP contribution is -2.31. The molecule has 2 rings (SSSR count). The molecule has 1 fully saturated rings. The van der Waals surface area contributed by atoms with E-state index < -0.39 is 6.10 Å². The van der Waals surface area contributed by atoms with Gasteiger partial charge in [0, 0.05) is 18.5 Å². The monoisotopic (exact) mass is 263 g/mol. The van der Waals surface area contributed by atoms with Gasteiger partial charge in [-0.05, 0) is 18.9 Å². The number of esters is 1. The van der Waals surface area contributed by atoms with E-state index in [1.165, 1.54) is 5.56 Å². The zero-order chi connectivity index (χ0) is 13.7. The summed E-state index contributed by atoms with van der Waals surface area (Å²) >= 11 is 0. The Morgan fingerprint density at radius 2 is 2.21 bits per heavy atom. The van der Waals surface area contributed by atoms with Crippen molar-refractivity contribution in [2.75, 3.05) is 13.2 Å². The molecule has 1 aliphatic carbocycles. The minimum absolute atomic E-state index is 0.0591. The van der Waals surface area contributed by atoms with Gasteiger partial charge in [-0.25, -0.2) is 0 Å². The molecule has 1 aromatic rings. The molecule has 0 aliphatic heterocycles. The van der Waals surface area contributed by atoms with Crippen LogP contribution in [0.3, 0.4) is 0 Å². The van der Waals surface area contributed by atoms with Crippen LogP contribution in [-0.2, 0) is 9.53 Å². The van der Waals surface area contributed by atoms with Gasteiger partial charge in [0.05, 0.1) is 19.1 Å². The second-order valence-corrected chi connectivity index (χ2v) is 4.93. The highest BCUT2D eigenvalue weighted by Crippen LogP contribution is 2.40. The van der Waals surface area contributed by atoms with E-state index in [4.69, 9.17) is 4.74 Å². The molecular weight excluding hydrogens is 242 g/mol. The third-order valence-corrected chi connectivity index (χ3v) is 3.34. The minimum atomic E-state index is -0.670. The van der Waals surface area contributed by atoms with Gasteiger partial charge in [-0.2, -0.15) is 0 Å². The molecule has 0 bridgehead atoms. The van der Waals surface area contributed by atoms with Crippen LogP contribution in [0.2, 0.25) is 0 Å². The van der Waals surface area contributed by atoms with Crippen LogP contribution in [0.4, 0.5) is 0 Å². The number of carbonyl (C=O) groups is 1. The van der Waals surface area contributed by atoms with Crippen molar-refractivity contribution in [1.29, 1.82) is 0 Å². The van der Waals surface area contributed by atoms with Gasteiger partial charge in [-0.1, -0.05) is 30.3 Å². The Morgan fingerprint density at radius 1 is 1.47 bits per heavy atom. The number of rotatable bonds is 7. The molecule has 3 atom stereocenters. The highest BCUT2D eigenvalue weighted by Gasteiger charge is 2.37. The number of ether oxygens (including phenoxy) is 1. The summed E-state index contributed by atoms with van der Waals surface area (Å²) in [6.45, 7) is 2.56. The van der Waals surface area contributed by atoms with Crippen molar-refractivity contribution in [2.45, 2.75) is 37.8 Å². The van der Waals surface area contributed by atoms with Gasteiger partial charge in [-0.15, -0.1) is 0 Å². The number of aliphatic hydroxyl groups is 1. The van der Waals surface area contributed by atoms with Crippen molar-refractivity contribution in [1.82, 2.24) is 5.32 Å². The normalized spacial score (nSPS) is 22.8. The maximum atomic E-state index is 11.2. The Hall–Kier alpha value is -1.39. The molecule has 104 valence electrons. The van der Waals surface area contributed by atoms with Gasteiger partial charge in [0.2, 0.25) is 0 Å². The van der Waals surface area contributed by atoms with E-state index in [9.17, 15) is 9.90 Å². The first-order chi connectivity index (χ1) is 9.20. The van der Waals surface area contributed by atoms with E-state index in [0.29, 0.717) is 25.1 Å². The van der Waals surface area contributed by atoms with Gasteiger partial charge in [0.15, 0.2) is 0 Å². The number of carbonyl (C=O) groups excluding carboxylic acids is 1. The van der Waals surface area contributed by atoms with E-state index >= 15 is 0 Å². The fourth-order valence-corrected chi connectivity index (χ4v) is 2.26. The number of benzene rings is 1. The molecule has 3 unspecified atom stereocenters. The van der Waals surface area contributed by atoms with Gasteiger partial charge in [0.1, 0.15) is 0 Å². The Bertz CT molecular complexity index is 407. The number of hydrogen-bond acceptors (Lipinski definition) is 4. The Balaban J connectivity index is 1.66. The number of aliphatic hydroxyl groups excluding tert-OH is 1. The van der Waals surface area contributed by atoms with Crippen LogP contribution in [0.5, 0.6) is 0 Å². The molecule has 0 saturated heterocycles. The van der Waals surface area contributed by atoms with Crippen LogP contribution < -0.4 is 5.32 Å². The summed E-state index contributed by atoms with van der Waals surface area (Å²) in [7, 11) is 0. The molecule has 0 radical (unpaired) electrons. The minimum Gasteiger partial charge on any atom is -0.466 e. The quantitative estimate of drug-likeness (QED) is 0.731. The van der Waals surface area contributed by atoms with Crippen LogP contribution in [0.1, 0.15) is 31.2 Å². The number of hydrogen-bond donors (Lipinski definition) is 2. The first-order valence-electron chi connectivity index (χ1n) is 6.82. The average Bonchev–Trinajstić information content (AvgIpc) is 3.17. The summed E-state index contributed by atoms with van der Waals surface area (Å²) in [4.78, 5) is 11.2. The van der Waals surface area contributed by atoms with Crippen molar-refractivity contribution >= 4 is 5.97 Å². The van der Waals surface area contributed by atoms with Crippen molar-refractivity contribution in [3.05, 3.63) is 35.9 Å². The molecule has 1 aromatic carbocycles. The van der Waals surface area contributed by atoms with Gasteiger partial charge in [0.25, 0.3) is 0 Å². The Kier molecular flexibility index (Phi) is 4.93. The van der Waals surface area contributed by atoms with Crippen LogP contribution >= 0.6 is 0 Å². The van der Waals surface area contributed by atoms with E-state index in [0.717, 1.165) is 6.42 Å². The lowest BCUT2D eigenvalue weighted by atomic mass is 10.1. The molecule has 0 heterocycles. The molecule has 4 nitrogen and oxygen atoms in total. The third-order valence-electron chi connectivity index (χ3n) is 3.34. The molecule has 0 amide bonds. The maximum Gasteiger partial charge on any atom is 0.308 e. The Labute approximate surface area is 113 Å². The Morgan fingerprint density at radius 3 is 2.89 bits per heavy atom. The topological polar surface area (TPSA) is 58.6 Å². The summed E-state index contributed by atoms with van der Waals surface area (Å²) in [5.74, 6) is 0.197. The summed E-state index contributed by atoms with van der Waals surface area (Å²) in [5, 5.41) is 13.0. The lowest BCUT2D eigenvalue weighted by molar-refractivity contribution is -0.145. The zero-order valence-corrected chi connectivity index (χ0v) is 11.2. The molecular formula is C15H21NO3. The van der Waals surface area contributed by atoms with E-state index in [2.05, 4.69) is 17.4 Å². The maximum absolute atomic E-state index is 11.2. The lowest BCUT2D eigenvalue weighted by Gasteiger charge is -2.11. The third kappa shape index (κ3) is 4.33. The predicted molar refractivity (Wildman–Crippen MR) is 72.8 cm³/mol.